The summed E-state index contributed by atoms with van der Waals surface area (Å²) >= 11 is 3.57. The van der Waals surface area contributed by atoms with Gasteiger partial charge in [0.1, 0.15) is 0 Å². The minimum absolute atomic E-state index is 0.0323. The molecular formula is C11H18BrNO3S. The standard InChI is InChI=1S/C11H18BrNO3S/c12-10-2-1-8(5-10)6-13-11(14)9-3-4-17(15,16)7-9/h8-10H,1-7H2,(H,13,14). The minimum atomic E-state index is -2.95. The number of alkyl halides is 1. The Morgan fingerprint density at radius 3 is 2.59 bits per heavy atom. The number of sulfone groups is 1. The predicted octanol–water partition coefficient (Wildman–Crippen LogP) is 1.10. The number of carbonyl (C=O) groups excluding carboxylic acids is 1. The summed E-state index contributed by atoms with van der Waals surface area (Å²) in [5.74, 6) is 0.342. The molecule has 0 radical (unpaired) electrons. The molecule has 1 saturated heterocycles. The Kier molecular flexibility index (Phi) is 4.13. The first-order valence-electron chi connectivity index (χ1n) is 6.08. The number of nitrogens with one attached hydrogen (secondary N) is 1. The van der Waals surface area contributed by atoms with Crippen LogP contribution in [0.2, 0.25) is 0 Å². The first-order valence-corrected chi connectivity index (χ1v) is 8.82. The molecular weight excluding hydrogens is 306 g/mol. The molecule has 1 N–H and O–H groups in total. The fourth-order valence-electron chi connectivity index (χ4n) is 2.59. The fraction of sp³-hybridized carbons (Fsp3) is 0.909. The Hall–Kier alpha value is -0.100. The van der Waals surface area contributed by atoms with E-state index in [0.717, 1.165) is 12.8 Å². The second-order valence-electron chi connectivity index (χ2n) is 5.12. The van der Waals surface area contributed by atoms with Crippen molar-refractivity contribution in [3.63, 3.8) is 0 Å². The highest BCUT2D eigenvalue weighted by Crippen LogP contribution is 2.30. The van der Waals surface area contributed by atoms with Gasteiger partial charge in [-0.2, -0.15) is 0 Å². The second-order valence-corrected chi connectivity index (χ2v) is 8.65. The van der Waals surface area contributed by atoms with Gasteiger partial charge in [0.05, 0.1) is 17.4 Å². The SMILES string of the molecule is O=C(NCC1CCC(Br)C1)C1CCS(=O)(=O)C1. The highest BCUT2D eigenvalue weighted by molar-refractivity contribution is 9.09. The van der Waals surface area contributed by atoms with Crippen molar-refractivity contribution in [3.05, 3.63) is 0 Å². The normalized spacial score (nSPS) is 35.9. The monoisotopic (exact) mass is 323 g/mol. The van der Waals surface area contributed by atoms with Crippen LogP contribution in [0.25, 0.3) is 0 Å². The van der Waals surface area contributed by atoms with E-state index < -0.39 is 9.84 Å². The maximum Gasteiger partial charge on any atom is 0.224 e. The van der Waals surface area contributed by atoms with Crippen molar-refractivity contribution < 1.29 is 13.2 Å². The third-order valence-electron chi connectivity index (χ3n) is 3.65. The van der Waals surface area contributed by atoms with Crippen LogP contribution in [0.4, 0.5) is 0 Å². The van der Waals surface area contributed by atoms with E-state index in [1.54, 1.807) is 0 Å². The molecule has 2 fully saturated rings. The zero-order valence-corrected chi connectivity index (χ0v) is 12.1. The predicted molar refractivity (Wildman–Crippen MR) is 69.8 cm³/mol. The van der Waals surface area contributed by atoms with E-state index in [2.05, 4.69) is 21.2 Å². The van der Waals surface area contributed by atoms with Crippen LogP contribution < -0.4 is 5.32 Å². The number of amides is 1. The molecule has 1 aliphatic heterocycles. The number of carbonyl (C=O) groups is 1. The Morgan fingerprint density at radius 1 is 1.29 bits per heavy atom. The number of hydrogen-bond acceptors (Lipinski definition) is 3. The van der Waals surface area contributed by atoms with E-state index in [4.69, 9.17) is 0 Å². The van der Waals surface area contributed by atoms with Gasteiger partial charge in [0.15, 0.2) is 9.84 Å². The van der Waals surface area contributed by atoms with Gasteiger partial charge in [0.25, 0.3) is 0 Å². The van der Waals surface area contributed by atoms with Gasteiger partial charge in [0.2, 0.25) is 5.91 Å². The summed E-state index contributed by atoms with van der Waals surface area (Å²) in [5, 5.41) is 2.90. The molecule has 1 amide bonds. The zero-order valence-electron chi connectivity index (χ0n) is 9.69. The molecule has 2 rings (SSSR count). The molecule has 2 aliphatic rings. The van der Waals surface area contributed by atoms with Crippen molar-refractivity contribution in [1.82, 2.24) is 5.32 Å². The molecule has 0 aromatic heterocycles. The van der Waals surface area contributed by atoms with Crippen LogP contribution in [0.5, 0.6) is 0 Å². The lowest BCUT2D eigenvalue weighted by atomic mass is 10.1. The second kappa shape index (κ2) is 5.26. The molecule has 3 unspecified atom stereocenters. The Balaban J connectivity index is 1.75. The molecule has 1 saturated carbocycles. The van der Waals surface area contributed by atoms with E-state index in [1.807, 2.05) is 0 Å². The Morgan fingerprint density at radius 2 is 2.06 bits per heavy atom. The molecule has 98 valence electrons. The zero-order chi connectivity index (χ0) is 12.5. The van der Waals surface area contributed by atoms with E-state index in [-0.39, 0.29) is 23.3 Å². The number of rotatable bonds is 3. The smallest absolute Gasteiger partial charge is 0.224 e. The van der Waals surface area contributed by atoms with Gasteiger partial charge >= 0.3 is 0 Å². The first kappa shape index (κ1) is 13.3. The molecule has 3 atom stereocenters. The average molecular weight is 324 g/mol. The molecule has 4 nitrogen and oxygen atoms in total. The summed E-state index contributed by atoms with van der Waals surface area (Å²) in [6.45, 7) is 0.692. The van der Waals surface area contributed by atoms with E-state index in [9.17, 15) is 13.2 Å². The van der Waals surface area contributed by atoms with Crippen molar-refractivity contribution in [2.75, 3.05) is 18.1 Å². The fourth-order valence-corrected chi connectivity index (χ4v) is 5.12. The van der Waals surface area contributed by atoms with Crippen LogP contribution in [0.3, 0.4) is 0 Å². The topological polar surface area (TPSA) is 63.2 Å². The molecule has 0 aromatic rings. The summed E-state index contributed by atoms with van der Waals surface area (Å²) in [7, 11) is -2.95. The van der Waals surface area contributed by atoms with Gasteiger partial charge in [-0.05, 0) is 31.6 Å². The highest BCUT2D eigenvalue weighted by Gasteiger charge is 2.33. The summed E-state index contributed by atoms with van der Waals surface area (Å²) in [5.41, 5.74) is 0. The molecule has 0 aromatic carbocycles. The van der Waals surface area contributed by atoms with Gasteiger partial charge in [0, 0.05) is 11.4 Å². The van der Waals surface area contributed by atoms with Crippen molar-refractivity contribution >= 4 is 31.7 Å². The summed E-state index contributed by atoms with van der Waals surface area (Å²) < 4.78 is 22.5. The third kappa shape index (κ3) is 3.68. The lowest BCUT2D eigenvalue weighted by Crippen LogP contribution is -2.34. The Labute approximate surface area is 111 Å². The molecule has 6 heteroatoms. The summed E-state index contributed by atoms with van der Waals surface area (Å²) in [6.07, 6.45) is 3.89. The van der Waals surface area contributed by atoms with Gasteiger partial charge < -0.3 is 5.32 Å². The van der Waals surface area contributed by atoms with Crippen molar-refractivity contribution in [2.24, 2.45) is 11.8 Å². The number of halogens is 1. The maximum absolute atomic E-state index is 11.8. The molecule has 0 bridgehead atoms. The molecule has 0 spiro atoms. The largest absolute Gasteiger partial charge is 0.356 e. The van der Waals surface area contributed by atoms with Crippen LogP contribution in [-0.4, -0.2) is 37.2 Å². The van der Waals surface area contributed by atoms with Crippen LogP contribution in [0.15, 0.2) is 0 Å². The van der Waals surface area contributed by atoms with Crippen LogP contribution in [-0.2, 0) is 14.6 Å². The third-order valence-corrected chi connectivity index (χ3v) is 6.25. The average Bonchev–Trinajstić information content (AvgIpc) is 2.81. The van der Waals surface area contributed by atoms with Crippen LogP contribution in [0, 0.1) is 11.8 Å². The number of hydrogen-bond donors (Lipinski definition) is 1. The quantitative estimate of drug-likeness (QED) is 0.791. The maximum atomic E-state index is 11.8. The van der Waals surface area contributed by atoms with Crippen molar-refractivity contribution in [3.8, 4) is 0 Å². The van der Waals surface area contributed by atoms with E-state index in [1.165, 1.54) is 6.42 Å². The van der Waals surface area contributed by atoms with Gasteiger partial charge in [-0.3, -0.25) is 4.79 Å². The summed E-state index contributed by atoms with van der Waals surface area (Å²) in [4.78, 5) is 12.4. The van der Waals surface area contributed by atoms with Crippen molar-refractivity contribution in [1.29, 1.82) is 0 Å². The van der Waals surface area contributed by atoms with Gasteiger partial charge in [-0.15, -0.1) is 0 Å². The molecule has 17 heavy (non-hydrogen) atoms. The van der Waals surface area contributed by atoms with Crippen molar-refractivity contribution in [2.45, 2.75) is 30.5 Å². The van der Waals surface area contributed by atoms with Gasteiger partial charge in [-0.1, -0.05) is 15.9 Å². The minimum Gasteiger partial charge on any atom is -0.356 e. The molecule has 1 heterocycles. The first-order chi connectivity index (χ1) is 7.96. The van der Waals surface area contributed by atoms with E-state index in [0.29, 0.717) is 23.7 Å². The molecule has 1 aliphatic carbocycles. The van der Waals surface area contributed by atoms with Crippen LogP contribution >= 0.6 is 15.9 Å². The summed E-state index contributed by atoms with van der Waals surface area (Å²) in [6, 6.07) is 0. The lowest BCUT2D eigenvalue weighted by molar-refractivity contribution is -0.124. The van der Waals surface area contributed by atoms with Crippen LogP contribution in [0.1, 0.15) is 25.7 Å². The van der Waals surface area contributed by atoms with E-state index >= 15 is 0 Å². The Bertz CT molecular complexity index is 396. The van der Waals surface area contributed by atoms with Gasteiger partial charge in [-0.25, -0.2) is 8.42 Å². The highest BCUT2D eigenvalue weighted by atomic mass is 79.9. The lowest BCUT2D eigenvalue weighted by Gasteiger charge is -2.13.